The Morgan fingerprint density at radius 3 is 2.95 bits per heavy atom. The monoisotopic (exact) mass is 348 g/mol. The van der Waals surface area contributed by atoms with Gasteiger partial charge in [0.05, 0.1) is 21.7 Å². The number of hydrogen-bond acceptors (Lipinski definition) is 3. The molecule has 1 aromatic carbocycles. The topological polar surface area (TPSA) is 61.4 Å². The smallest absolute Gasteiger partial charge is 0.315 e. The predicted octanol–water partition coefficient (Wildman–Crippen LogP) is 3.22. The summed E-state index contributed by atoms with van der Waals surface area (Å²) in [4.78, 5) is 11.9. The summed E-state index contributed by atoms with van der Waals surface area (Å²) >= 11 is 13.8. The Kier molecular flexibility index (Phi) is 5.66. The zero-order chi connectivity index (χ0) is 15.5. The second kappa shape index (κ2) is 7.09. The third-order valence-electron chi connectivity index (χ3n) is 3.46. The average molecular weight is 349 g/mol. The van der Waals surface area contributed by atoms with Gasteiger partial charge in [0.1, 0.15) is 0 Å². The van der Waals surface area contributed by atoms with E-state index in [9.17, 15) is 9.90 Å². The van der Waals surface area contributed by atoms with E-state index >= 15 is 0 Å². The number of carbonyl (C=O) groups is 1. The molecular formula is C14H18Cl2N2O2S. The van der Waals surface area contributed by atoms with E-state index in [4.69, 9.17) is 23.2 Å². The van der Waals surface area contributed by atoms with Gasteiger partial charge in [-0.05, 0) is 30.7 Å². The number of hydrogen-bond donors (Lipinski definition) is 3. The Hall–Kier alpha value is -0.620. The van der Waals surface area contributed by atoms with Crippen molar-refractivity contribution >= 4 is 41.0 Å². The molecule has 1 aliphatic rings. The molecule has 0 saturated carbocycles. The molecule has 1 fully saturated rings. The van der Waals surface area contributed by atoms with Crippen LogP contribution in [0.4, 0.5) is 4.79 Å². The van der Waals surface area contributed by atoms with Gasteiger partial charge in [-0.25, -0.2) is 4.79 Å². The predicted molar refractivity (Wildman–Crippen MR) is 88.3 cm³/mol. The quantitative estimate of drug-likeness (QED) is 0.782. The number of rotatable bonds is 4. The zero-order valence-corrected chi connectivity index (χ0v) is 14.0. The number of amides is 2. The molecule has 2 atom stereocenters. The van der Waals surface area contributed by atoms with Crippen LogP contribution in [0.25, 0.3) is 0 Å². The fourth-order valence-corrected chi connectivity index (χ4v) is 3.93. The van der Waals surface area contributed by atoms with Gasteiger partial charge >= 0.3 is 6.03 Å². The van der Waals surface area contributed by atoms with Crippen LogP contribution in [-0.4, -0.2) is 34.8 Å². The first-order valence-corrected chi connectivity index (χ1v) is 8.61. The minimum Gasteiger partial charge on any atom is -0.387 e. The van der Waals surface area contributed by atoms with Crippen molar-refractivity contribution in [1.29, 1.82) is 0 Å². The molecule has 0 aromatic heterocycles. The molecule has 0 spiro atoms. The molecule has 21 heavy (non-hydrogen) atoms. The maximum Gasteiger partial charge on any atom is 0.315 e. The maximum absolute atomic E-state index is 11.9. The lowest BCUT2D eigenvalue weighted by Gasteiger charge is -2.23. The highest BCUT2D eigenvalue weighted by Crippen LogP contribution is 2.30. The number of thioether (sulfide) groups is 1. The highest BCUT2D eigenvalue weighted by Gasteiger charge is 2.32. The molecule has 116 valence electrons. The molecule has 3 N–H and O–H groups in total. The Morgan fingerprint density at radius 2 is 2.29 bits per heavy atom. The van der Waals surface area contributed by atoms with Crippen LogP contribution in [0.1, 0.15) is 24.9 Å². The van der Waals surface area contributed by atoms with E-state index in [0.717, 1.165) is 11.3 Å². The van der Waals surface area contributed by atoms with Crippen LogP contribution in [0, 0.1) is 0 Å². The summed E-state index contributed by atoms with van der Waals surface area (Å²) in [7, 11) is 0. The number of aliphatic hydroxyl groups is 1. The van der Waals surface area contributed by atoms with E-state index in [2.05, 4.69) is 10.6 Å². The van der Waals surface area contributed by atoms with E-state index < -0.39 is 5.60 Å². The van der Waals surface area contributed by atoms with Crippen molar-refractivity contribution < 1.29 is 9.90 Å². The first-order valence-electron chi connectivity index (χ1n) is 6.70. The van der Waals surface area contributed by atoms with E-state index in [-0.39, 0.29) is 18.6 Å². The first-order chi connectivity index (χ1) is 9.91. The summed E-state index contributed by atoms with van der Waals surface area (Å²) in [5, 5.41) is 16.6. The average Bonchev–Trinajstić information content (AvgIpc) is 2.87. The molecule has 1 aromatic rings. The lowest BCUT2D eigenvalue weighted by Crippen LogP contribution is -2.46. The van der Waals surface area contributed by atoms with Gasteiger partial charge in [0.25, 0.3) is 0 Å². The van der Waals surface area contributed by atoms with Gasteiger partial charge in [-0.1, -0.05) is 35.3 Å². The normalized spacial score (nSPS) is 22.9. The van der Waals surface area contributed by atoms with E-state index in [0.29, 0.717) is 22.2 Å². The van der Waals surface area contributed by atoms with Gasteiger partial charge in [0.15, 0.2) is 0 Å². The summed E-state index contributed by atoms with van der Waals surface area (Å²) < 4.78 is 0. The first kappa shape index (κ1) is 16.7. The number of urea groups is 1. The minimum absolute atomic E-state index is 0.252. The van der Waals surface area contributed by atoms with Crippen LogP contribution in [0.5, 0.6) is 0 Å². The van der Waals surface area contributed by atoms with Crippen LogP contribution in [-0.2, 0) is 0 Å². The standard InChI is InChI=1S/C14H18Cl2N2O2S/c1-9(10-3-2-4-11(15)12(10)16)18-13(19)17-7-14(20)5-6-21-8-14/h2-4,9,20H,5-8H2,1H3,(H2,17,18,19)/t9-,14+/m0/s1. The summed E-state index contributed by atoms with van der Waals surface area (Å²) in [5.41, 5.74) is -0.0340. The zero-order valence-electron chi connectivity index (χ0n) is 11.7. The Bertz CT molecular complexity index is 522. The van der Waals surface area contributed by atoms with Crippen molar-refractivity contribution in [2.75, 3.05) is 18.1 Å². The third-order valence-corrected chi connectivity index (χ3v) is 5.52. The largest absolute Gasteiger partial charge is 0.387 e. The van der Waals surface area contributed by atoms with Crippen LogP contribution in [0.2, 0.25) is 10.0 Å². The van der Waals surface area contributed by atoms with Crippen molar-refractivity contribution in [2.24, 2.45) is 0 Å². The number of halogens is 2. The Labute approximate surface area is 138 Å². The number of carbonyl (C=O) groups excluding carboxylic acids is 1. The number of nitrogens with one attached hydrogen (secondary N) is 2. The molecule has 0 bridgehead atoms. The fraction of sp³-hybridized carbons (Fsp3) is 0.500. The van der Waals surface area contributed by atoms with Crippen molar-refractivity contribution in [1.82, 2.24) is 10.6 Å². The van der Waals surface area contributed by atoms with Crippen LogP contribution in [0.3, 0.4) is 0 Å². The minimum atomic E-state index is -0.793. The van der Waals surface area contributed by atoms with E-state index in [1.165, 1.54) is 0 Å². The molecule has 0 unspecified atom stereocenters. The Balaban J connectivity index is 1.88. The van der Waals surface area contributed by atoms with Gasteiger partial charge in [-0.3, -0.25) is 0 Å². The molecule has 2 rings (SSSR count). The molecule has 1 saturated heterocycles. The highest BCUT2D eigenvalue weighted by atomic mass is 35.5. The maximum atomic E-state index is 11.9. The van der Waals surface area contributed by atoms with E-state index in [1.807, 2.05) is 13.0 Å². The summed E-state index contributed by atoms with van der Waals surface area (Å²) in [6, 6.07) is 4.71. The van der Waals surface area contributed by atoms with E-state index in [1.54, 1.807) is 23.9 Å². The van der Waals surface area contributed by atoms with Crippen LogP contribution in [0.15, 0.2) is 18.2 Å². The van der Waals surface area contributed by atoms with Crippen molar-refractivity contribution in [3.05, 3.63) is 33.8 Å². The molecule has 0 radical (unpaired) electrons. The van der Waals surface area contributed by atoms with Crippen molar-refractivity contribution in [3.63, 3.8) is 0 Å². The summed E-state index contributed by atoms with van der Waals surface area (Å²) in [5.74, 6) is 1.58. The second-order valence-corrected chi connectivity index (χ2v) is 7.11. The summed E-state index contributed by atoms with van der Waals surface area (Å²) in [6.07, 6.45) is 0.702. The fourth-order valence-electron chi connectivity index (χ4n) is 2.16. The molecule has 4 nitrogen and oxygen atoms in total. The lowest BCUT2D eigenvalue weighted by atomic mass is 10.0. The molecule has 2 amide bonds. The van der Waals surface area contributed by atoms with Gasteiger partial charge < -0.3 is 15.7 Å². The molecular weight excluding hydrogens is 331 g/mol. The molecule has 1 heterocycles. The highest BCUT2D eigenvalue weighted by molar-refractivity contribution is 7.99. The van der Waals surface area contributed by atoms with Crippen molar-refractivity contribution in [3.8, 4) is 0 Å². The third kappa shape index (κ3) is 4.42. The molecule has 1 aliphatic heterocycles. The van der Waals surface area contributed by atoms with Gasteiger partial charge in [0.2, 0.25) is 0 Å². The number of benzene rings is 1. The molecule has 0 aliphatic carbocycles. The summed E-state index contributed by atoms with van der Waals surface area (Å²) in [6.45, 7) is 2.08. The van der Waals surface area contributed by atoms with Gasteiger partial charge in [0, 0.05) is 12.3 Å². The lowest BCUT2D eigenvalue weighted by molar-refractivity contribution is 0.0699. The SMILES string of the molecule is C[C@H](NC(=O)NC[C@]1(O)CCSC1)c1cccc(Cl)c1Cl. The molecule has 7 heteroatoms. The second-order valence-electron chi connectivity index (χ2n) is 5.22. The van der Waals surface area contributed by atoms with Crippen LogP contribution >= 0.6 is 35.0 Å². The van der Waals surface area contributed by atoms with Gasteiger partial charge in [-0.15, -0.1) is 0 Å². The van der Waals surface area contributed by atoms with Crippen molar-refractivity contribution in [2.45, 2.75) is 25.0 Å². The van der Waals surface area contributed by atoms with Crippen LogP contribution < -0.4 is 10.6 Å². The van der Waals surface area contributed by atoms with Gasteiger partial charge in [-0.2, -0.15) is 11.8 Å². The Morgan fingerprint density at radius 1 is 1.52 bits per heavy atom.